The van der Waals surface area contributed by atoms with Crippen LogP contribution in [0, 0.1) is 10.1 Å². The average Bonchev–Trinajstić information content (AvgIpc) is 2.90. The third-order valence-corrected chi connectivity index (χ3v) is 7.58. The zero-order chi connectivity index (χ0) is 27.6. The molecule has 0 saturated heterocycles. The molecular weight excluding hydrogens is 532 g/mol. The van der Waals surface area contributed by atoms with E-state index in [1.165, 1.54) is 36.4 Å². The van der Waals surface area contributed by atoms with Gasteiger partial charge in [-0.1, -0.05) is 35.9 Å². The van der Waals surface area contributed by atoms with Crippen LogP contribution in [0.1, 0.15) is 20.7 Å². The van der Waals surface area contributed by atoms with Gasteiger partial charge in [-0.05, 0) is 48.5 Å². The predicted molar refractivity (Wildman–Crippen MR) is 144 cm³/mol. The summed E-state index contributed by atoms with van der Waals surface area (Å²) in [6.07, 6.45) is 0. The molecule has 0 aliphatic heterocycles. The minimum atomic E-state index is -4.68. The molecule has 0 radical (unpaired) electrons. The van der Waals surface area contributed by atoms with Crippen molar-refractivity contribution in [2.24, 2.45) is 0 Å². The van der Waals surface area contributed by atoms with Crippen molar-refractivity contribution in [3.05, 3.63) is 111 Å². The first kappa shape index (κ1) is 26.6. The van der Waals surface area contributed by atoms with E-state index < -0.39 is 26.8 Å². The van der Waals surface area contributed by atoms with E-state index in [1.54, 1.807) is 18.2 Å². The standard InChI is InChI=1S/C26H21ClN4O6S/c1-29(2)23-7-3-6-22-21(23)5-4-8-24(22)38(36,37)30(28-25(32)17-9-13-19(27)14-10-17)26(33)18-11-15-20(16-12-18)31(34)35/h3-16H,1-2H3,(H,28,32). The van der Waals surface area contributed by atoms with Crippen molar-refractivity contribution in [2.45, 2.75) is 4.90 Å². The number of nitrogens with one attached hydrogen (secondary N) is 1. The lowest BCUT2D eigenvalue weighted by molar-refractivity contribution is -0.384. The summed E-state index contributed by atoms with van der Waals surface area (Å²) in [5.74, 6) is -1.99. The number of amides is 2. The van der Waals surface area contributed by atoms with Crippen LogP contribution < -0.4 is 10.3 Å². The molecule has 4 aromatic rings. The zero-order valence-corrected chi connectivity index (χ0v) is 21.7. The first-order valence-electron chi connectivity index (χ1n) is 11.1. The van der Waals surface area contributed by atoms with Gasteiger partial charge in [0.05, 0.1) is 9.82 Å². The summed E-state index contributed by atoms with van der Waals surface area (Å²) in [6.45, 7) is 0. The number of hydrogen-bond acceptors (Lipinski definition) is 7. The maximum absolute atomic E-state index is 14.0. The van der Waals surface area contributed by atoms with E-state index in [4.69, 9.17) is 11.6 Å². The highest BCUT2D eigenvalue weighted by Crippen LogP contribution is 2.32. The van der Waals surface area contributed by atoms with Crippen LogP contribution in [0.25, 0.3) is 10.8 Å². The summed E-state index contributed by atoms with van der Waals surface area (Å²) in [4.78, 5) is 38.5. The van der Waals surface area contributed by atoms with Crippen molar-refractivity contribution < 1.29 is 22.9 Å². The Balaban J connectivity index is 1.85. The molecule has 4 aromatic carbocycles. The highest BCUT2D eigenvalue weighted by molar-refractivity contribution is 7.89. The first-order valence-corrected chi connectivity index (χ1v) is 12.9. The number of nitro groups is 1. The van der Waals surface area contributed by atoms with Crippen LogP contribution in [-0.4, -0.2) is 43.7 Å². The number of sulfonamides is 1. The van der Waals surface area contributed by atoms with Crippen LogP contribution in [-0.2, 0) is 10.0 Å². The Bertz CT molecular complexity index is 1660. The largest absolute Gasteiger partial charge is 0.377 e. The maximum Gasteiger partial charge on any atom is 0.286 e. The Kier molecular flexibility index (Phi) is 7.33. The summed E-state index contributed by atoms with van der Waals surface area (Å²) in [5, 5.41) is 12.3. The van der Waals surface area contributed by atoms with Gasteiger partial charge in [-0.2, -0.15) is 8.42 Å². The molecule has 0 unspecified atom stereocenters. The van der Waals surface area contributed by atoms with E-state index in [9.17, 15) is 28.1 Å². The van der Waals surface area contributed by atoms with E-state index in [-0.39, 0.29) is 26.1 Å². The van der Waals surface area contributed by atoms with Gasteiger partial charge in [0.15, 0.2) is 0 Å². The molecule has 0 saturated carbocycles. The van der Waals surface area contributed by atoms with Crippen LogP contribution in [0.15, 0.2) is 89.8 Å². The predicted octanol–water partition coefficient (Wildman–Crippen LogP) is 4.64. The number of carbonyl (C=O) groups is 2. The Morgan fingerprint density at radius 2 is 1.42 bits per heavy atom. The number of anilines is 1. The number of rotatable bonds is 6. The van der Waals surface area contributed by atoms with E-state index in [2.05, 4.69) is 5.43 Å². The number of hydrazine groups is 1. The van der Waals surface area contributed by atoms with Crippen molar-refractivity contribution >= 4 is 55.6 Å². The molecule has 0 atom stereocenters. The van der Waals surface area contributed by atoms with Crippen molar-refractivity contribution in [1.29, 1.82) is 0 Å². The molecule has 194 valence electrons. The quantitative estimate of drug-likeness (QED) is 0.272. The maximum atomic E-state index is 14.0. The summed E-state index contributed by atoms with van der Waals surface area (Å²) in [6, 6.07) is 19.7. The van der Waals surface area contributed by atoms with Gasteiger partial charge in [0.2, 0.25) is 0 Å². The Morgan fingerprint density at radius 3 is 2.03 bits per heavy atom. The number of nitro benzene ring substituents is 1. The third-order valence-electron chi connectivity index (χ3n) is 5.68. The van der Waals surface area contributed by atoms with Gasteiger partial charge in [-0.25, -0.2) is 5.43 Å². The highest BCUT2D eigenvalue weighted by atomic mass is 35.5. The molecule has 38 heavy (non-hydrogen) atoms. The monoisotopic (exact) mass is 552 g/mol. The van der Waals surface area contributed by atoms with Crippen LogP contribution in [0.4, 0.5) is 11.4 Å². The minimum Gasteiger partial charge on any atom is -0.377 e. The second-order valence-corrected chi connectivity index (χ2v) is 10.5. The molecule has 0 aliphatic rings. The fraction of sp³-hybridized carbons (Fsp3) is 0.0769. The third kappa shape index (κ3) is 5.15. The Morgan fingerprint density at radius 1 is 0.842 bits per heavy atom. The smallest absolute Gasteiger partial charge is 0.286 e. The van der Waals surface area contributed by atoms with Crippen LogP contribution in [0.2, 0.25) is 5.02 Å². The topological polar surface area (TPSA) is 130 Å². The number of hydrogen-bond donors (Lipinski definition) is 1. The van der Waals surface area contributed by atoms with E-state index in [0.717, 1.165) is 30.0 Å². The van der Waals surface area contributed by atoms with Crippen molar-refractivity contribution in [1.82, 2.24) is 9.84 Å². The first-order chi connectivity index (χ1) is 18.0. The van der Waals surface area contributed by atoms with Gasteiger partial charge in [-0.3, -0.25) is 19.7 Å². The molecule has 12 heteroatoms. The SMILES string of the molecule is CN(C)c1cccc2c(S(=O)(=O)N(NC(=O)c3ccc(Cl)cc3)C(=O)c3ccc([N+](=O)[O-])cc3)cccc12. The number of non-ortho nitro benzene ring substituents is 1. The Labute approximate surface area is 223 Å². The molecule has 10 nitrogen and oxygen atoms in total. The zero-order valence-electron chi connectivity index (χ0n) is 20.2. The van der Waals surface area contributed by atoms with Crippen LogP contribution in [0.3, 0.4) is 0 Å². The van der Waals surface area contributed by atoms with Gasteiger partial charge in [0.25, 0.3) is 27.5 Å². The number of benzene rings is 4. The number of fused-ring (bicyclic) bond motifs is 1. The fourth-order valence-corrected chi connectivity index (χ4v) is 5.35. The molecular formula is C26H21ClN4O6S. The lowest BCUT2D eigenvalue weighted by Crippen LogP contribution is -2.49. The number of halogens is 1. The van der Waals surface area contributed by atoms with Crippen molar-refractivity contribution in [2.75, 3.05) is 19.0 Å². The molecule has 2 amide bonds. The van der Waals surface area contributed by atoms with Gasteiger partial charge in [-0.15, -0.1) is 4.41 Å². The summed E-state index contributed by atoms with van der Waals surface area (Å²) in [7, 11) is -1.06. The van der Waals surface area contributed by atoms with E-state index in [0.29, 0.717) is 15.8 Å². The molecule has 0 spiro atoms. The molecule has 0 aromatic heterocycles. The van der Waals surface area contributed by atoms with Gasteiger partial charge in [0, 0.05) is 58.8 Å². The molecule has 0 bridgehead atoms. The van der Waals surface area contributed by atoms with Crippen LogP contribution in [0.5, 0.6) is 0 Å². The minimum absolute atomic E-state index is 0.0545. The summed E-state index contributed by atoms with van der Waals surface area (Å²) >= 11 is 5.89. The number of carbonyl (C=O) groups excluding carboxylic acids is 2. The molecule has 0 aliphatic carbocycles. The summed E-state index contributed by atoms with van der Waals surface area (Å²) in [5.41, 5.74) is 2.53. The lowest BCUT2D eigenvalue weighted by atomic mass is 10.1. The highest BCUT2D eigenvalue weighted by Gasteiger charge is 2.34. The molecule has 0 heterocycles. The lowest BCUT2D eigenvalue weighted by Gasteiger charge is -2.24. The van der Waals surface area contributed by atoms with E-state index in [1.807, 2.05) is 25.1 Å². The molecule has 1 N–H and O–H groups in total. The van der Waals surface area contributed by atoms with Gasteiger partial charge >= 0.3 is 0 Å². The van der Waals surface area contributed by atoms with Crippen molar-refractivity contribution in [3.63, 3.8) is 0 Å². The van der Waals surface area contributed by atoms with Gasteiger partial charge in [0.1, 0.15) is 0 Å². The molecule has 4 rings (SSSR count). The van der Waals surface area contributed by atoms with Gasteiger partial charge < -0.3 is 4.90 Å². The molecule has 0 fully saturated rings. The van der Waals surface area contributed by atoms with E-state index >= 15 is 0 Å². The number of nitrogens with zero attached hydrogens (tertiary/aromatic N) is 3. The fourth-order valence-electron chi connectivity index (χ4n) is 3.80. The average molecular weight is 553 g/mol. The summed E-state index contributed by atoms with van der Waals surface area (Å²) < 4.78 is 28.2. The Hall–Kier alpha value is -4.48. The van der Waals surface area contributed by atoms with Crippen LogP contribution >= 0.6 is 11.6 Å². The second-order valence-electron chi connectivity index (χ2n) is 8.35. The normalized spacial score (nSPS) is 11.1. The second kappa shape index (κ2) is 10.5. The van der Waals surface area contributed by atoms with Crippen molar-refractivity contribution in [3.8, 4) is 0 Å².